The van der Waals surface area contributed by atoms with Gasteiger partial charge in [0.2, 0.25) is 0 Å². The molecule has 2 aromatic carbocycles. The molecule has 0 saturated carbocycles. The molecule has 0 bridgehead atoms. The van der Waals surface area contributed by atoms with Crippen molar-refractivity contribution in [1.82, 2.24) is 14.6 Å². The zero-order valence-electron chi connectivity index (χ0n) is 14.8. The number of fused-ring (bicyclic) bond motifs is 1. The lowest BCUT2D eigenvalue weighted by molar-refractivity contribution is 0.626. The van der Waals surface area contributed by atoms with Crippen molar-refractivity contribution in [1.29, 1.82) is 0 Å². The number of aromatic nitrogens is 3. The van der Waals surface area contributed by atoms with Gasteiger partial charge in [0.05, 0.1) is 15.7 Å². The van der Waals surface area contributed by atoms with E-state index in [0.717, 1.165) is 39.4 Å². The van der Waals surface area contributed by atoms with E-state index in [-0.39, 0.29) is 5.82 Å². The maximum Gasteiger partial charge on any atom is 0.156 e. The molecule has 0 atom stereocenters. The van der Waals surface area contributed by atoms with E-state index in [4.69, 9.17) is 28.3 Å². The van der Waals surface area contributed by atoms with E-state index in [1.165, 1.54) is 6.07 Å². The average molecular weight is 400 g/mol. The topological polar surface area (TPSA) is 30.2 Å². The van der Waals surface area contributed by atoms with Gasteiger partial charge in [-0.05, 0) is 49.2 Å². The minimum Gasteiger partial charge on any atom is -0.234 e. The van der Waals surface area contributed by atoms with Crippen LogP contribution in [-0.4, -0.2) is 14.6 Å². The molecule has 0 fully saturated rings. The van der Waals surface area contributed by atoms with Gasteiger partial charge in [0.25, 0.3) is 0 Å². The average Bonchev–Trinajstić information content (AvgIpc) is 3.05. The molecule has 0 aliphatic rings. The van der Waals surface area contributed by atoms with E-state index in [1.807, 2.05) is 36.6 Å². The van der Waals surface area contributed by atoms with Crippen molar-refractivity contribution < 1.29 is 4.39 Å². The van der Waals surface area contributed by atoms with Gasteiger partial charge in [-0.2, -0.15) is 5.10 Å². The number of aryl methyl sites for hydroxylation is 2. The summed E-state index contributed by atoms with van der Waals surface area (Å²) in [5.74, 6) is -0.238. The van der Waals surface area contributed by atoms with Crippen LogP contribution in [0.1, 0.15) is 22.5 Å². The van der Waals surface area contributed by atoms with Crippen LogP contribution < -0.4 is 0 Å². The number of rotatable bonds is 3. The SMILES string of the molecule is Cc1nc2cc(-c3ccc(Cl)c(Cl)c3)nn2c(C)c1Cc1cccc(F)c1. The molecule has 0 aliphatic heterocycles. The van der Waals surface area contributed by atoms with Crippen LogP contribution in [0.15, 0.2) is 48.5 Å². The number of nitrogens with zero attached hydrogens (tertiary/aromatic N) is 3. The predicted molar refractivity (Wildman–Crippen MR) is 107 cm³/mol. The van der Waals surface area contributed by atoms with E-state index in [1.54, 1.807) is 24.3 Å². The highest BCUT2D eigenvalue weighted by Gasteiger charge is 2.14. The maximum atomic E-state index is 13.5. The maximum absolute atomic E-state index is 13.5. The highest BCUT2D eigenvalue weighted by molar-refractivity contribution is 6.42. The van der Waals surface area contributed by atoms with Gasteiger partial charge >= 0.3 is 0 Å². The summed E-state index contributed by atoms with van der Waals surface area (Å²) in [5.41, 5.74) is 6.23. The molecule has 136 valence electrons. The largest absolute Gasteiger partial charge is 0.234 e. The van der Waals surface area contributed by atoms with Crippen LogP contribution >= 0.6 is 23.2 Å². The zero-order valence-corrected chi connectivity index (χ0v) is 16.3. The highest BCUT2D eigenvalue weighted by atomic mass is 35.5. The molecule has 0 N–H and O–H groups in total. The summed E-state index contributed by atoms with van der Waals surface area (Å²) in [6, 6.07) is 14.0. The van der Waals surface area contributed by atoms with E-state index >= 15 is 0 Å². The number of benzene rings is 2. The first-order chi connectivity index (χ1) is 12.9. The molecule has 2 heterocycles. The van der Waals surface area contributed by atoms with E-state index in [0.29, 0.717) is 16.5 Å². The van der Waals surface area contributed by atoms with Crippen molar-refractivity contribution in [3.63, 3.8) is 0 Å². The van der Waals surface area contributed by atoms with Crippen LogP contribution in [0.5, 0.6) is 0 Å². The predicted octanol–water partition coefficient (Wildman–Crippen LogP) is 6.05. The standard InChI is InChI=1S/C21H16Cl2FN3/c1-12-17(9-14-4-3-5-16(24)8-14)13(2)27-21(25-12)11-20(26-27)15-6-7-18(22)19(23)10-15/h3-8,10-11H,9H2,1-2H3. The molecule has 0 amide bonds. The lowest BCUT2D eigenvalue weighted by Crippen LogP contribution is -2.06. The summed E-state index contributed by atoms with van der Waals surface area (Å²) in [6.45, 7) is 3.97. The van der Waals surface area contributed by atoms with E-state index in [9.17, 15) is 4.39 Å². The molecule has 0 spiro atoms. The molecule has 2 aromatic heterocycles. The summed E-state index contributed by atoms with van der Waals surface area (Å²) in [6.07, 6.45) is 0.598. The van der Waals surface area contributed by atoms with Gasteiger partial charge in [0.1, 0.15) is 5.82 Å². The van der Waals surface area contributed by atoms with Gasteiger partial charge in [-0.15, -0.1) is 0 Å². The van der Waals surface area contributed by atoms with Gasteiger partial charge in [-0.25, -0.2) is 13.9 Å². The van der Waals surface area contributed by atoms with Gasteiger partial charge in [0.15, 0.2) is 5.65 Å². The van der Waals surface area contributed by atoms with Crippen molar-refractivity contribution >= 4 is 28.8 Å². The first-order valence-corrected chi connectivity index (χ1v) is 9.23. The molecule has 4 rings (SSSR count). The summed E-state index contributed by atoms with van der Waals surface area (Å²) in [5, 5.41) is 5.68. The van der Waals surface area contributed by atoms with E-state index in [2.05, 4.69) is 4.98 Å². The van der Waals surface area contributed by atoms with Gasteiger partial charge in [0, 0.05) is 29.4 Å². The Kier molecular flexibility index (Phi) is 4.62. The van der Waals surface area contributed by atoms with Crippen LogP contribution in [0.3, 0.4) is 0 Å². The molecule has 0 saturated heterocycles. The second-order valence-electron chi connectivity index (χ2n) is 6.50. The zero-order chi connectivity index (χ0) is 19.1. The minimum atomic E-state index is -0.238. The van der Waals surface area contributed by atoms with Crippen LogP contribution in [0.4, 0.5) is 4.39 Å². The molecule has 27 heavy (non-hydrogen) atoms. The normalized spacial score (nSPS) is 11.3. The van der Waals surface area contributed by atoms with Crippen molar-refractivity contribution in [3.05, 3.63) is 86.9 Å². The lowest BCUT2D eigenvalue weighted by Gasteiger charge is -2.11. The Morgan fingerprint density at radius 2 is 1.81 bits per heavy atom. The second kappa shape index (κ2) is 6.95. The molecule has 0 unspecified atom stereocenters. The van der Waals surface area contributed by atoms with Crippen molar-refractivity contribution in [2.24, 2.45) is 0 Å². The minimum absolute atomic E-state index is 0.238. The molecule has 4 aromatic rings. The van der Waals surface area contributed by atoms with Crippen molar-refractivity contribution in [2.75, 3.05) is 0 Å². The Morgan fingerprint density at radius 1 is 1.00 bits per heavy atom. The summed E-state index contributed by atoms with van der Waals surface area (Å²) in [7, 11) is 0. The molecular weight excluding hydrogens is 384 g/mol. The fraction of sp³-hybridized carbons (Fsp3) is 0.143. The van der Waals surface area contributed by atoms with Crippen molar-refractivity contribution in [2.45, 2.75) is 20.3 Å². The molecule has 3 nitrogen and oxygen atoms in total. The Morgan fingerprint density at radius 3 is 2.56 bits per heavy atom. The van der Waals surface area contributed by atoms with Crippen LogP contribution in [0.25, 0.3) is 16.9 Å². The first kappa shape index (κ1) is 18.0. The Bertz CT molecular complexity index is 1170. The monoisotopic (exact) mass is 399 g/mol. The third-order valence-corrected chi connectivity index (χ3v) is 5.39. The molecule has 0 aliphatic carbocycles. The summed E-state index contributed by atoms with van der Waals surface area (Å²) < 4.78 is 15.3. The van der Waals surface area contributed by atoms with Crippen LogP contribution in [0.2, 0.25) is 10.0 Å². The van der Waals surface area contributed by atoms with Crippen molar-refractivity contribution in [3.8, 4) is 11.3 Å². The second-order valence-corrected chi connectivity index (χ2v) is 7.31. The molecule has 0 radical (unpaired) electrons. The van der Waals surface area contributed by atoms with Crippen LogP contribution in [-0.2, 0) is 6.42 Å². The van der Waals surface area contributed by atoms with Crippen LogP contribution in [0, 0.1) is 19.7 Å². The van der Waals surface area contributed by atoms with Gasteiger partial charge in [-0.1, -0.05) is 41.4 Å². The highest BCUT2D eigenvalue weighted by Crippen LogP contribution is 2.29. The van der Waals surface area contributed by atoms with Gasteiger partial charge < -0.3 is 0 Å². The Labute approximate surface area is 166 Å². The fourth-order valence-electron chi connectivity index (χ4n) is 3.23. The first-order valence-electron chi connectivity index (χ1n) is 8.48. The third kappa shape index (κ3) is 3.43. The smallest absolute Gasteiger partial charge is 0.156 e. The summed E-state index contributed by atoms with van der Waals surface area (Å²) >= 11 is 12.1. The quantitative estimate of drug-likeness (QED) is 0.419. The third-order valence-electron chi connectivity index (χ3n) is 4.65. The number of hydrogen-bond donors (Lipinski definition) is 0. The van der Waals surface area contributed by atoms with Gasteiger partial charge in [-0.3, -0.25) is 0 Å². The Balaban J connectivity index is 1.80. The number of halogens is 3. The fourth-order valence-corrected chi connectivity index (χ4v) is 3.53. The van der Waals surface area contributed by atoms with E-state index < -0.39 is 0 Å². The summed E-state index contributed by atoms with van der Waals surface area (Å²) in [4.78, 5) is 4.69. The number of hydrogen-bond acceptors (Lipinski definition) is 2. The molecular formula is C21H16Cl2FN3. The lowest BCUT2D eigenvalue weighted by atomic mass is 10.0. The molecule has 6 heteroatoms. The Hall–Kier alpha value is -2.43.